The molecule has 0 spiro atoms. The first-order valence-corrected chi connectivity index (χ1v) is 4.36. The van der Waals surface area contributed by atoms with Gasteiger partial charge in [0.25, 0.3) is 0 Å². The number of halogens is 1. The van der Waals surface area contributed by atoms with E-state index >= 15 is 0 Å². The van der Waals surface area contributed by atoms with Crippen LogP contribution >= 0.6 is 0 Å². The Morgan fingerprint density at radius 1 is 1.50 bits per heavy atom. The molecule has 0 amide bonds. The first-order chi connectivity index (χ1) is 6.65. The predicted molar refractivity (Wildman–Crippen MR) is 49.6 cm³/mol. The third-order valence-corrected chi connectivity index (χ3v) is 1.77. The summed E-state index contributed by atoms with van der Waals surface area (Å²) in [5.74, 6) is -0.156. The predicted octanol–water partition coefficient (Wildman–Crippen LogP) is 1.25. The summed E-state index contributed by atoms with van der Waals surface area (Å²) in [6.45, 7) is 1.51. The number of benzene rings is 1. The number of aliphatic hydroxyl groups is 2. The molecule has 0 heterocycles. The Morgan fingerprint density at radius 3 is 2.79 bits per heavy atom. The van der Waals surface area contributed by atoms with Crippen molar-refractivity contribution in [2.24, 2.45) is 0 Å². The molecule has 0 aliphatic carbocycles. The van der Waals surface area contributed by atoms with E-state index in [-0.39, 0.29) is 19.0 Å². The van der Waals surface area contributed by atoms with Gasteiger partial charge in [0.05, 0.1) is 12.7 Å². The van der Waals surface area contributed by atoms with E-state index in [4.69, 9.17) is 9.84 Å². The summed E-state index contributed by atoms with van der Waals surface area (Å²) < 4.78 is 17.9. The van der Waals surface area contributed by atoms with Crippen LogP contribution in [-0.4, -0.2) is 23.4 Å². The Morgan fingerprint density at radius 2 is 2.21 bits per heavy atom. The fourth-order valence-electron chi connectivity index (χ4n) is 1.13. The van der Waals surface area contributed by atoms with E-state index < -0.39 is 11.9 Å². The van der Waals surface area contributed by atoms with Gasteiger partial charge in [-0.05, 0) is 19.1 Å². The second-order valence-corrected chi connectivity index (χ2v) is 2.93. The molecule has 78 valence electrons. The Labute approximate surface area is 81.8 Å². The lowest BCUT2D eigenvalue weighted by Crippen LogP contribution is -2.05. The minimum atomic E-state index is -0.718. The van der Waals surface area contributed by atoms with E-state index in [0.29, 0.717) is 5.56 Å². The van der Waals surface area contributed by atoms with Gasteiger partial charge >= 0.3 is 0 Å². The first-order valence-electron chi connectivity index (χ1n) is 4.36. The summed E-state index contributed by atoms with van der Waals surface area (Å²) in [4.78, 5) is 0. The number of ether oxygens (including phenoxy) is 1. The highest BCUT2D eigenvalue weighted by Crippen LogP contribution is 2.25. The molecular formula is C10H13FO3. The van der Waals surface area contributed by atoms with Gasteiger partial charge in [-0.3, -0.25) is 0 Å². The number of aliphatic hydroxyl groups excluding tert-OH is 2. The molecule has 1 rings (SSSR count). The van der Waals surface area contributed by atoms with Gasteiger partial charge in [0.2, 0.25) is 0 Å². The van der Waals surface area contributed by atoms with Crippen LogP contribution in [0.5, 0.6) is 5.75 Å². The SMILES string of the molecule is CC(O)c1ccc(F)cc1OCCO. The monoisotopic (exact) mass is 200 g/mol. The Bertz CT molecular complexity index is 299. The third kappa shape index (κ3) is 2.68. The van der Waals surface area contributed by atoms with Crippen LogP contribution in [0.4, 0.5) is 4.39 Å². The molecule has 0 aliphatic rings. The van der Waals surface area contributed by atoms with Gasteiger partial charge in [-0.15, -0.1) is 0 Å². The van der Waals surface area contributed by atoms with Crippen molar-refractivity contribution in [2.75, 3.05) is 13.2 Å². The molecule has 1 aromatic rings. The normalized spacial score (nSPS) is 12.6. The molecule has 3 nitrogen and oxygen atoms in total. The van der Waals surface area contributed by atoms with Gasteiger partial charge in [-0.2, -0.15) is 0 Å². The first kappa shape index (κ1) is 10.9. The molecule has 0 radical (unpaired) electrons. The van der Waals surface area contributed by atoms with Gasteiger partial charge in [-0.25, -0.2) is 4.39 Å². The Balaban J connectivity index is 2.91. The maximum atomic E-state index is 12.8. The van der Waals surface area contributed by atoms with Crippen molar-refractivity contribution < 1.29 is 19.3 Å². The quantitative estimate of drug-likeness (QED) is 0.769. The van der Waals surface area contributed by atoms with Crippen LogP contribution in [0.25, 0.3) is 0 Å². The molecule has 0 aromatic heterocycles. The van der Waals surface area contributed by atoms with Crippen LogP contribution in [0.2, 0.25) is 0 Å². The summed E-state index contributed by atoms with van der Waals surface area (Å²) in [6, 6.07) is 3.91. The van der Waals surface area contributed by atoms with Crippen LogP contribution in [0.1, 0.15) is 18.6 Å². The van der Waals surface area contributed by atoms with Crippen molar-refractivity contribution in [1.82, 2.24) is 0 Å². The zero-order chi connectivity index (χ0) is 10.6. The number of hydrogen-bond donors (Lipinski definition) is 2. The Hall–Kier alpha value is -1.13. The van der Waals surface area contributed by atoms with E-state index in [1.807, 2.05) is 0 Å². The highest BCUT2D eigenvalue weighted by Gasteiger charge is 2.09. The molecule has 1 atom stereocenters. The maximum Gasteiger partial charge on any atom is 0.128 e. The molecule has 1 unspecified atom stereocenters. The van der Waals surface area contributed by atoms with Crippen molar-refractivity contribution in [3.05, 3.63) is 29.6 Å². The van der Waals surface area contributed by atoms with Crippen molar-refractivity contribution in [1.29, 1.82) is 0 Å². The van der Waals surface area contributed by atoms with Gasteiger partial charge < -0.3 is 14.9 Å². The fraction of sp³-hybridized carbons (Fsp3) is 0.400. The van der Waals surface area contributed by atoms with E-state index in [2.05, 4.69) is 0 Å². The van der Waals surface area contributed by atoms with E-state index in [0.717, 1.165) is 0 Å². The summed E-state index contributed by atoms with van der Waals surface area (Å²) in [5.41, 5.74) is 0.514. The molecule has 0 saturated carbocycles. The van der Waals surface area contributed by atoms with E-state index in [9.17, 15) is 9.50 Å². The standard InChI is InChI=1S/C10H13FO3/c1-7(13)9-3-2-8(11)6-10(9)14-5-4-12/h2-3,6-7,12-13H,4-5H2,1H3. The van der Waals surface area contributed by atoms with Crippen molar-refractivity contribution in [2.45, 2.75) is 13.0 Å². The largest absolute Gasteiger partial charge is 0.491 e. The Kier molecular flexibility index (Phi) is 3.85. The molecule has 0 bridgehead atoms. The molecule has 0 saturated heterocycles. The summed E-state index contributed by atoms with van der Waals surface area (Å²) in [7, 11) is 0. The topological polar surface area (TPSA) is 49.7 Å². The second kappa shape index (κ2) is 4.93. The fourth-order valence-corrected chi connectivity index (χ4v) is 1.13. The van der Waals surface area contributed by atoms with Crippen molar-refractivity contribution in [3.8, 4) is 5.75 Å². The van der Waals surface area contributed by atoms with Crippen LogP contribution < -0.4 is 4.74 Å². The van der Waals surface area contributed by atoms with E-state index in [1.165, 1.54) is 18.2 Å². The lowest BCUT2D eigenvalue weighted by molar-refractivity contribution is 0.176. The van der Waals surface area contributed by atoms with Gasteiger partial charge in [-0.1, -0.05) is 0 Å². The van der Waals surface area contributed by atoms with Gasteiger partial charge in [0.15, 0.2) is 0 Å². The maximum absolute atomic E-state index is 12.8. The molecule has 4 heteroatoms. The average molecular weight is 200 g/mol. The minimum absolute atomic E-state index is 0.0865. The van der Waals surface area contributed by atoms with Crippen LogP contribution in [0, 0.1) is 5.82 Å². The van der Waals surface area contributed by atoms with Gasteiger partial charge in [0.1, 0.15) is 18.2 Å². The van der Waals surface area contributed by atoms with E-state index in [1.54, 1.807) is 6.92 Å². The molecular weight excluding hydrogens is 187 g/mol. The summed E-state index contributed by atoms with van der Waals surface area (Å²) in [6.07, 6.45) is -0.718. The smallest absolute Gasteiger partial charge is 0.128 e. The van der Waals surface area contributed by atoms with Crippen LogP contribution in [0.15, 0.2) is 18.2 Å². The van der Waals surface area contributed by atoms with Gasteiger partial charge in [0, 0.05) is 11.6 Å². The lowest BCUT2D eigenvalue weighted by Gasteiger charge is -2.12. The highest BCUT2D eigenvalue weighted by molar-refractivity contribution is 5.35. The zero-order valence-corrected chi connectivity index (χ0v) is 7.90. The number of rotatable bonds is 4. The van der Waals surface area contributed by atoms with Crippen LogP contribution in [0.3, 0.4) is 0 Å². The number of hydrogen-bond acceptors (Lipinski definition) is 3. The third-order valence-electron chi connectivity index (χ3n) is 1.77. The van der Waals surface area contributed by atoms with Crippen molar-refractivity contribution in [3.63, 3.8) is 0 Å². The molecule has 1 aromatic carbocycles. The summed E-state index contributed by atoms with van der Waals surface area (Å²) in [5, 5.41) is 17.9. The molecule has 2 N–H and O–H groups in total. The molecule has 0 aliphatic heterocycles. The van der Waals surface area contributed by atoms with Crippen LogP contribution in [-0.2, 0) is 0 Å². The van der Waals surface area contributed by atoms with Crippen molar-refractivity contribution >= 4 is 0 Å². The zero-order valence-electron chi connectivity index (χ0n) is 7.90. The average Bonchev–Trinajstić information content (AvgIpc) is 2.14. The second-order valence-electron chi connectivity index (χ2n) is 2.93. The highest BCUT2D eigenvalue weighted by atomic mass is 19.1. The molecule has 14 heavy (non-hydrogen) atoms. The minimum Gasteiger partial charge on any atom is -0.491 e. The lowest BCUT2D eigenvalue weighted by atomic mass is 10.1. The summed E-state index contributed by atoms with van der Waals surface area (Å²) >= 11 is 0. The molecule has 0 fully saturated rings.